The molecule has 0 radical (unpaired) electrons. The lowest BCUT2D eigenvalue weighted by atomic mass is 9.98. The summed E-state index contributed by atoms with van der Waals surface area (Å²) in [6.07, 6.45) is 9.08. The van der Waals surface area contributed by atoms with Gasteiger partial charge >= 0.3 is 0 Å². The Labute approximate surface area is 161 Å². The van der Waals surface area contributed by atoms with Crippen LogP contribution in [0.3, 0.4) is 0 Å². The molecule has 144 valence electrons. The van der Waals surface area contributed by atoms with Gasteiger partial charge in [0.1, 0.15) is 0 Å². The minimum absolute atomic E-state index is 0.277. The molecule has 0 saturated carbocycles. The van der Waals surface area contributed by atoms with Crippen LogP contribution in [0.5, 0.6) is 0 Å². The van der Waals surface area contributed by atoms with Crippen molar-refractivity contribution in [2.24, 2.45) is 0 Å². The number of hydrogen-bond acceptors (Lipinski definition) is 6. The predicted octanol–water partition coefficient (Wildman–Crippen LogP) is 2.46. The van der Waals surface area contributed by atoms with Crippen LogP contribution in [0, 0.1) is 0 Å². The van der Waals surface area contributed by atoms with Crippen molar-refractivity contribution >= 4 is 17.3 Å². The smallest absolute Gasteiger partial charge is 0.187 e. The molecule has 1 aromatic carbocycles. The van der Waals surface area contributed by atoms with E-state index in [4.69, 9.17) is 0 Å². The topological polar surface area (TPSA) is 60.9 Å². The summed E-state index contributed by atoms with van der Waals surface area (Å²) >= 11 is 0. The molecule has 0 atom stereocenters. The maximum absolute atomic E-state index is 12.4. The highest BCUT2D eigenvalue weighted by Crippen LogP contribution is 2.15. The van der Waals surface area contributed by atoms with Crippen LogP contribution < -0.4 is 0 Å². The van der Waals surface area contributed by atoms with E-state index in [9.17, 15) is 14.4 Å². The third-order valence-electron chi connectivity index (χ3n) is 3.36. The largest absolute Gasteiger partial charge is 0.383 e. The van der Waals surface area contributed by atoms with E-state index in [0.717, 1.165) is 0 Å². The molecule has 0 aliphatic carbocycles. The van der Waals surface area contributed by atoms with Crippen molar-refractivity contribution in [3.63, 3.8) is 0 Å². The Morgan fingerprint density at radius 1 is 0.556 bits per heavy atom. The molecule has 0 aliphatic rings. The number of nitrogens with zero attached hydrogens (tertiary/aromatic N) is 3. The van der Waals surface area contributed by atoms with Crippen LogP contribution in [-0.4, -0.2) is 74.3 Å². The van der Waals surface area contributed by atoms with Gasteiger partial charge in [0.2, 0.25) is 0 Å². The Kier molecular flexibility index (Phi) is 8.20. The molecule has 0 heterocycles. The summed E-state index contributed by atoms with van der Waals surface area (Å²) in [6.45, 7) is 0. The first-order chi connectivity index (χ1) is 12.6. The van der Waals surface area contributed by atoms with Crippen LogP contribution in [-0.2, 0) is 0 Å². The first-order valence-electron chi connectivity index (χ1n) is 8.42. The van der Waals surface area contributed by atoms with Crippen LogP contribution in [0.2, 0.25) is 0 Å². The van der Waals surface area contributed by atoms with Crippen LogP contribution in [0.4, 0.5) is 0 Å². The Hall–Kier alpha value is -3.15. The SMILES string of the molecule is CN(C)C=CC(=O)c1cc(C(=O)C=CN(C)C)cc(C(=O)C=CN(C)C)c1. The summed E-state index contributed by atoms with van der Waals surface area (Å²) in [4.78, 5) is 42.5. The van der Waals surface area contributed by atoms with E-state index in [1.807, 2.05) is 0 Å². The van der Waals surface area contributed by atoms with Crippen molar-refractivity contribution < 1.29 is 14.4 Å². The minimum Gasteiger partial charge on any atom is -0.383 e. The van der Waals surface area contributed by atoms with E-state index >= 15 is 0 Å². The van der Waals surface area contributed by atoms with Gasteiger partial charge in [-0.3, -0.25) is 14.4 Å². The predicted molar refractivity (Wildman–Crippen MR) is 108 cm³/mol. The molecular weight excluding hydrogens is 342 g/mol. The lowest BCUT2D eigenvalue weighted by molar-refractivity contribution is 0.104. The monoisotopic (exact) mass is 369 g/mol. The fourth-order valence-corrected chi connectivity index (χ4v) is 1.99. The molecule has 1 aromatic rings. The van der Waals surface area contributed by atoms with Crippen LogP contribution in [0.1, 0.15) is 31.1 Å². The van der Waals surface area contributed by atoms with Gasteiger partial charge in [-0.25, -0.2) is 0 Å². The van der Waals surface area contributed by atoms with Crippen LogP contribution >= 0.6 is 0 Å². The minimum atomic E-state index is -0.277. The van der Waals surface area contributed by atoms with Crippen molar-refractivity contribution in [2.75, 3.05) is 42.3 Å². The Bertz CT molecular complexity index is 671. The lowest BCUT2D eigenvalue weighted by Crippen LogP contribution is -2.08. The molecule has 0 aromatic heterocycles. The molecule has 0 amide bonds. The average molecular weight is 369 g/mol. The van der Waals surface area contributed by atoms with Crippen LogP contribution in [0.25, 0.3) is 0 Å². The Balaban J connectivity index is 3.35. The van der Waals surface area contributed by atoms with Gasteiger partial charge in [-0.15, -0.1) is 0 Å². The van der Waals surface area contributed by atoms with E-state index in [1.165, 1.54) is 36.4 Å². The highest BCUT2D eigenvalue weighted by Gasteiger charge is 2.13. The van der Waals surface area contributed by atoms with Crippen molar-refractivity contribution in [2.45, 2.75) is 0 Å². The first kappa shape index (κ1) is 21.9. The fourth-order valence-electron chi connectivity index (χ4n) is 1.99. The fraction of sp³-hybridized carbons (Fsp3) is 0.286. The number of carbonyl (C=O) groups is 3. The maximum atomic E-state index is 12.4. The third-order valence-corrected chi connectivity index (χ3v) is 3.36. The first-order valence-corrected chi connectivity index (χ1v) is 8.42. The highest BCUT2D eigenvalue weighted by molar-refractivity contribution is 6.13. The molecule has 0 bridgehead atoms. The van der Waals surface area contributed by atoms with Gasteiger partial charge in [0.15, 0.2) is 17.3 Å². The molecule has 0 saturated heterocycles. The highest BCUT2D eigenvalue weighted by atomic mass is 16.1. The zero-order valence-electron chi connectivity index (χ0n) is 16.8. The van der Waals surface area contributed by atoms with Gasteiger partial charge in [0, 0.05) is 95.8 Å². The number of ketones is 3. The van der Waals surface area contributed by atoms with Crippen LogP contribution in [0.15, 0.2) is 55.0 Å². The molecule has 27 heavy (non-hydrogen) atoms. The number of carbonyl (C=O) groups excluding carboxylic acids is 3. The van der Waals surface area contributed by atoms with Crippen molar-refractivity contribution in [1.82, 2.24) is 14.7 Å². The zero-order valence-corrected chi connectivity index (χ0v) is 16.8. The third kappa shape index (κ3) is 7.73. The molecular formula is C21H27N3O3. The Morgan fingerprint density at radius 3 is 0.963 bits per heavy atom. The molecule has 6 nitrogen and oxygen atoms in total. The average Bonchev–Trinajstić information content (AvgIpc) is 2.61. The van der Waals surface area contributed by atoms with Crippen molar-refractivity contribution in [1.29, 1.82) is 0 Å². The van der Waals surface area contributed by atoms with Gasteiger partial charge in [0.25, 0.3) is 0 Å². The van der Waals surface area contributed by atoms with Gasteiger partial charge in [0.05, 0.1) is 0 Å². The second-order valence-electron chi connectivity index (χ2n) is 6.73. The second-order valence-corrected chi connectivity index (χ2v) is 6.73. The van der Waals surface area contributed by atoms with Gasteiger partial charge in [-0.1, -0.05) is 0 Å². The second kappa shape index (κ2) is 10.1. The molecule has 0 fully saturated rings. The summed E-state index contributed by atoms with van der Waals surface area (Å²) in [6, 6.07) is 4.53. The summed E-state index contributed by atoms with van der Waals surface area (Å²) in [7, 11) is 10.8. The number of rotatable bonds is 9. The molecule has 0 aliphatic heterocycles. The molecule has 6 heteroatoms. The van der Waals surface area contributed by atoms with Gasteiger partial charge in [-0.05, 0) is 18.2 Å². The van der Waals surface area contributed by atoms with E-state index in [2.05, 4.69) is 0 Å². The zero-order chi connectivity index (χ0) is 20.6. The van der Waals surface area contributed by atoms with E-state index in [-0.39, 0.29) is 17.3 Å². The van der Waals surface area contributed by atoms with E-state index in [1.54, 1.807) is 75.6 Å². The van der Waals surface area contributed by atoms with E-state index in [0.29, 0.717) is 16.7 Å². The van der Waals surface area contributed by atoms with Crippen molar-refractivity contribution in [3.8, 4) is 0 Å². The maximum Gasteiger partial charge on any atom is 0.187 e. The van der Waals surface area contributed by atoms with E-state index < -0.39 is 0 Å². The summed E-state index contributed by atoms with van der Waals surface area (Å²) in [5.74, 6) is -0.832. The molecule has 0 N–H and O–H groups in total. The van der Waals surface area contributed by atoms with Gasteiger partial charge in [-0.2, -0.15) is 0 Å². The molecule has 0 spiro atoms. The van der Waals surface area contributed by atoms with Gasteiger partial charge < -0.3 is 14.7 Å². The molecule has 1 rings (SSSR count). The normalized spacial score (nSPS) is 11.3. The summed E-state index contributed by atoms with van der Waals surface area (Å²) < 4.78 is 0. The Morgan fingerprint density at radius 2 is 0.778 bits per heavy atom. The number of allylic oxidation sites excluding steroid dienone is 3. The number of hydrogen-bond donors (Lipinski definition) is 0. The van der Waals surface area contributed by atoms with Crippen molar-refractivity contribution in [3.05, 3.63) is 71.7 Å². The molecule has 0 unspecified atom stereocenters. The standard InChI is InChI=1S/C21H27N3O3/c1-22(2)10-7-19(25)16-13-17(20(26)8-11-23(3)4)15-18(14-16)21(27)9-12-24(5)6/h7-15H,1-6H3. The summed E-state index contributed by atoms with van der Waals surface area (Å²) in [5, 5.41) is 0. The number of benzene rings is 1. The summed E-state index contributed by atoms with van der Waals surface area (Å²) in [5.41, 5.74) is 0.872. The lowest BCUT2D eigenvalue weighted by Gasteiger charge is -2.08. The quantitative estimate of drug-likeness (QED) is 0.492.